The fourth-order valence-corrected chi connectivity index (χ4v) is 5.44. The second-order valence-electron chi connectivity index (χ2n) is 7.09. The maximum Gasteiger partial charge on any atom is 0.253 e. The third-order valence-electron chi connectivity index (χ3n) is 5.46. The number of nitrogens with one attached hydrogen (secondary N) is 1. The Balaban J connectivity index is 0.00000280. The Bertz CT molecular complexity index is 775. The Labute approximate surface area is 173 Å². The number of amides is 1. The standard InChI is InChI=1S/C19H29N3O4S.ClH/c1-3-15-4-5-16(19(23)21(2)17-6-8-20-9-7-17)14-18(15)27(24,25)22-10-12-26-13-11-22;/h4-5,14,17,20H,3,6-13H2,1-2H3;1H. The molecule has 1 aromatic rings. The van der Waals surface area contributed by atoms with E-state index >= 15 is 0 Å². The van der Waals surface area contributed by atoms with Crippen LogP contribution in [0.4, 0.5) is 0 Å². The highest BCUT2D eigenvalue weighted by Gasteiger charge is 2.30. The monoisotopic (exact) mass is 431 g/mol. The minimum atomic E-state index is -3.64. The number of hydrogen-bond donors (Lipinski definition) is 1. The highest BCUT2D eigenvalue weighted by atomic mass is 35.5. The van der Waals surface area contributed by atoms with Crippen LogP contribution in [-0.4, -0.2) is 76.0 Å². The van der Waals surface area contributed by atoms with Crippen LogP contribution >= 0.6 is 12.4 Å². The fourth-order valence-electron chi connectivity index (χ4n) is 3.71. The number of carbonyl (C=O) groups excluding carboxylic acids is 1. The van der Waals surface area contributed by atoms with Gasteiger partial charge in [-0.2, -0.15) is 4.31 Å². The summed E-state index contributed by atoms with van der Waals surface area (Å²) >= 11 is 0. The molecule has 9 heteroatoms. The van der Waals surface area contributed by atoms with E-state index in [0.717, 1.165) is 31.5 Å². The second kappa shape index (κ2) is 10.0. The van der Waals surface area contributed by atoms with E-state index in [1.165, 1.54) is 4.31 Å². The molecule has 0 bridgehead atoms. The molecule has 2 fully saturated rings. The molecule has 1 aromatic carbocycles. The van der Waals surface area contributed by atoms with Gasteiger partial charge in [0, 0.05) is 31.7 Å². The van der Waals surface area contributed by atoms with Crippen LogP contribution < -0.4 is 5.32 Å². The van der Waals surface area contributed by atoms with E-state index in [-0.39, 0.29) is 29.3 Å². The van der Waals surface area contributed by atoms with Crippen LogP contribution in [0, 0.1) is 0 Å². The van der Waals surface area contributed by atoms with E-state index in [1.54, 1.807) is 23.1 Å². The lowest BCUT2D eigenvalue weighted by atomic mass is 10.0. The van der Waals surface area contributed by atoms with Crippen molar-refractivity contribution < 1.29 is 17.9 Å². The normalized spacial score (nSPS) is 19.1. The fraction of sp³-hybridized carbons (Fsp3) is 0.632. The van der Waals surface area contributed by atoms with Crippen LogP contribution in [0.15, 0.2) is 23.1 Å². The summed E-state index contributed by atoms with van der Waals surface area (Å²) in [5.41, 5.74) is 1.17. The average Bonchev–Trinajstić information content (AvgIpc) is 2.73. The van der Waals surface area contributed by atoms with Gasteiger partial charge in [-0.15, -0.1) is 12.4 Å². The maximum absolute atomic E-state index is 13.2. The highest BCUT2D eigenvalue weighted by molar-refractivity contribution is 7.89. The third kappa shape index (κ3) is 4.86. The van der Waals surface area contributed by atoms with E-state index in [4.69, 9.17) is 4.74 Å². The van der Waals surface area contributed by atoms with E-state index in [9.17, 15) is 13.2 Å². The minimum absolute atomic E-state index is 0. The summed E-state index contributed by atoms with van der Waals surface area (Å²) in [4.78, 5) is 15.0. The van der Waals surface area contributed by atoms with Crippen LogP contribution in [0.3, 0.4) is 0 Å². The summed E-state index contributed by atoms with van der Waals surface area (Å²) < 4.78 is 33.0. The number of piperidine rings is 1. The molecule has 0 aromatic heterocycles. The van der Waals surface area contributed by atoms with Gasteiger partial charge in [0.25, 0.3) is 5.91 Å². The number of benzene rings is 1. The van der Waals surface area contributed by atoms with Gasteiger partial charge in [0.2, 0.25) is 10.0 Å². The van der Waals surface area contributed by atoms with Crippen molar-refractivity contribution in [2.75, 3.05) is 46.4 Å². The third-order valence-corrected chi connectivity index (χ3v) is 7.44. The molecule has 3 rings (SSSR count). The SMILES string of the molecule is CCc1ccc(C(=O)N(C)C2CCNCC2)cc1S(=O)(=O)N1CCOCC1.Cl. The molecule has 2 heterocycles. The van der Waals surface area contributed by atoms with Crippen molar-refractivity contribution in [2.24, 2.45) is 0 Å². The van der Waals surface area contributed by atoms with Gasteiger partial charge in [0.1, 0.15) is 0 Å². The lowest BCUT2D eigenvalue weighted by Gasteiger charge is -2.32. The number of nitrogens with zero attached hydrogens (tertiary/aromatic N) is 2. The van der Waals surface area contributed by atoms with E-state index < -0.39 is 10.0 Å². The Hall–Kier alpha value is -1.19. The first kappa shape index (κ1) is 23.1. The topological polar surface area (TPSA) is 79.0 Å². The van der Waals surface area contributed by atoms with Gasteiger partial charge >= 0.3 is 0 Å². The Morgan fingerprint density at radius 3 is 2.50 bits per heavy atom. The molecule has 0 aliphatic carbocycles. The molecule has 0 saturated carbocycles. The highest BCUT2D eigenvalue weighted by Crippen LogP contribution is 2.24. The predicted octanol–water partition coefficient (Wildman–Crippen LogP) is 1.52. The van der Waals surface area contributed by atoms with Gasteiger partial charge in [-0.25, -0.2) is 8.42 Å². The average molecular weight is 432 g/mol. The number of rotatable bonds is 5. The van der Waals surface area contributed by atoms with Crippen LogP contribution in [0.5, 0.6) is 0 Å². The van der Waals surface area contributed by atoms with E-state index in [1.807, 2.05) is 14.0 Å². The molecular weight excluding hydrogens is 402 g/mol. The first-order valence-corrected chi connectivity index (χ1v) is 11.1. The van der Waals surface area contributed by atoms with Gasteiger partial charge in [-0.05, 0) is 50.0 Å². The molecule has 1 amide bonds. The summed E-state index contributed by atoms with van der Waals surface area (Å²) in [7, 11) is -1.83. The molecule has 28 heavy (non-hydrogen) atoms. The van der Waals surface area contributed by atoms with E-state index in [2.05, 4.69) is 5.32 Å². The Morgan fingerprint density at radius 2 is 1.89 bits per heavy atom. The minimum Gasteiger partial charge on any atom is -0.379 e. The van der Waals surface area contributed by atoms with Gasteiger partial charge in [-0.3, -0.25) is 4.79 Å². The number of aryl methyl sites for hydroxylation is 1. The summed E-state index contributed by atoms with van der Waals surface area (Å²) in [6, 6.07) is 5.26. The number of hydrogen-bond acceptors (Lipinski definition) is 5. The zero-order valence-electron chi connectivity index (χ0n) is 16.5. The van der Waals surface area contributed by atoms with Crippen LogP contribution in [0.25, 0.3) is 0 Å². The molecular formula is C19H30ClN3O4S. The van der Waals surface area contributed by atoms with Crippen LogP contribution in [0.1, 0.15) is 35.7 Å². The molecule has 1 N–H and O–H groups in total. The smallest absolute Gasteiger partial charge is 0.253 e. The zero-order valence-corrected chi connectivity index (χ0v) is 18.2. The Morgan fingerprint density at radius 1 is 1.25 bits per heavy atom. The number of morpholine rings is 1. The lowest BCUT2D eigenvalue weighted by molar-refractivity contribution is 0.0702. The van der Waals surface area contributed by atoms with Gasteiger partial charge in [0.15, 0.2) is 0 Å². The van der Waals surface area contributed by atoms with E-state index in [0.29, 0.717) is 38.3 Å². The molecule has 0 spiro atoms. The molecule has 2 saturated heterocycles. The number of ether oxygens (including phenoxy) is 1. The molecule has 158 valence electrons. The van der Waals surface area contributed by atoms with Crippen molar-refractivity contribution in [1.82, 2.24) is 14.5 Å². The molecule has 0 atom stereocenters. The lowest BCUT2D eigenvalue weighted by Crippen LogP contribution is -2.44. The molecule has 2 aliphatic heterocycles. The Kier molecular flexibility index (Phi) is 8.27. The first-order valence-electron chi connectivity index (χ1n) is 9.64. The summed E-state index contributed by atoms with van der Waals surface area (Å²) in [6.45, 7) is 5.21. The van der Waals surface area contributed by atoms with Crippen LogP contribution in [-0.2, 0) is 21.2 Å². The molecule has 0 unspecified atom stereocenters. The number of sulfonamides is 1. The summed E-state index contributed by atoms with van der Waals surface area (Å²) in [5.74, 6) is -0.122. The van der Waals surface area contributed by atoms with Gasteiger partial charge in [-0.1, -0.05) is 13.0 Å². The van der Waals surface area contributed by atoms with Crippen molar-refractivity contribution in [3.8, 4) is 0 Å². The van der Waals surface area contributed by atoms with Crippen molar-refractivity contribution >= 4 is 28.3 Å². The maximum atomic E-state index is 13.2. The molecule has 2 aliphatic rings. The second-order valence-corrected chi connectivity index (χ2v) is 9.00. The van der Waals surface area contributed by atoms with Crippen molar-refractivity contribution in [3.63, 3.8) is 0 Å². The summed E-state index contributed by atoms with van der Waals surface area (Å²) in [5, 5.41) is 3.30. The quantitative estimate of drug-likeness (QED) is 0.764. The largest absolute Gasteiger partial charge is 0.379 e. The van der Waals surface area contributed by atoms with Crippen molar-refractivity contribution in [3.05, 3.63) is 29.3 Å². The first-order chi connectivity index (χ1) is 12.9. The van der Waals surface area contributed by atoms with Gasteiger partial charge in [0.05, 0.1) is 18.1 Å². The molecule has 0 radical (unpaired) electrons. The number of halogens is 1. The molecule has 7 nitrogen and oxygen atoms in total. The van der Waals surface area contributed by atoms with Crippen LogP contribution in [0.2, 0.25) is 0 Å². The predicted molar refractivity (Wildman–Crippen MR) is 111 cm³/mol. The zero-order chi connectivity index (χ0) is 19.4. The summed E-state index contributed by atoms with van der Waals surface area (Å²) in [6.07, 6.45) is 2.42. The van der Waals surface area contributed by atoms with Gasteiger partial charge < -0.3 is 15.0 Å². The van der Waals surface area contributed by atoms with Crippen molar-refractivity contribution in [2.45, 2.75) is 37.1 Å². The van der Waals surface area contributed by atoms with Crippen molar-refractivity contribution in [1.29, 1.82) is 0 Å². The number of carbonyl (C=O) groups is 1.